The normalized spacial score (nSPS) is 12.7. The van der Waals surface area contributed by atoms with Gasteiger partial charge in [0.1, 0.15) is 5.69 Å². The second kappa shape index (κ2) is 7.52. The van der Waals surface area contributed by atoms with E-state index in [9.17, 15) is 9.18 Å². The summed E-state index contributed by atoms with van der Waals surface area (Å²) < 4.78 is 31.7. The van der Waals surface area contributed by atoms with Crippen LogP contribution in [-0.4, -0.2) is 14.8 Å². The first-order chi connectivity index (χ1) is 14.2. The van der Waals surface area contributed by atoms with Crippen molar-refractivity contribution in [2.45, 2.75) is 19.8 Å². The van der Waals surface area contributed by atoms with Crippen LogP contribution in [0.5, 0.6) is 0 Å². The summed E-state index contributed by atoms with van der Waals surface area (Å²) >= 11 is 5.93. The molecule has 2 heterocycles. The maximum Gasteiger partial charge on any atom is 0.274 e. The molecule has 0 aliphatic rings. The molecule has 6 heteroatoms. The number of aromatic nitrogens is 3. The van der Waals surface area contributed by atoms with Crippen LogP contribution in [0.2, 0.25) is 5.02 Å². The minimum Gasteiger partial charge on any atom is -0.267 e. The van der Waals surface area contributed by atoms with Gasteiger partial charge in [0.25, 0.3) is 5.56 Å². The Kier molecular flexibility index (Phi) is 4.29. The van der Waals surface area contributed by atoms with E-state index in [1.54, 1.807) is 48.5 Å². The number of aryl methyl sites for hydroxylation is 1. The van der Waals surface area contributed by atoms with Crippen LogP contribution in [0, 0.1) is 5.95 Å². The lowest BCUT2D eigenvalue weighted by atomic mass is 10.1. The monoisotopic (exact) mass is 395 g/mol. The molecule has 4 nitrogen and oxygen atoms in total. The molecule has 0 aliphatic heterocycles. The Morgan fingerprint density at radius 1 is 1.07 bits per heavy atom. The summed E-state index contributed by atoms with van der Waals surface area (Å²) in [4.78, 5) is 16.8. The lowest BCUT2D eigenvalue weighted by Crippen LogP contribution is -2.24. The zero-order valence-electron chi connectivity index (χ0n) is 17.0. The lowest BCUT2D eigenvalue weighted by Gasteiger charge is -2.12. The van der Waals surface area contributed by atoms with Gasteiger partial charge in [-0.15, -0.1) is 0 Å². The fourth-order valence-corrected chi connectivity index (χ4v) is 3.18. The molecular formula is C22H17ClFN3O. The fraction of sp³-hybridized carbons (Fsp3) is 0.136. The van der Waals surface area contributed by atoms with Crippen LogP contribution in [0.25, 0.3) is 22.0 Å². The van der Waals surface area contributed by atoms with Gasteiger partial charge in [-0.25, -0.2) is 9.67 Å². The van der Waals surface area contributed by atoms with E-state index in [2.05, 4.69) is 10.1 Å². The molecule has 140 valence electrons. The number of fused-ring (bicyclic) bond motifs is 1. The Hall–Kier alpha value is -3.05. The van der Waals surface area contributed by atoms with Crippen molar-refractivity contribution in [2.24, 2.45) is 0 Å². The first-order valence-electron chi connectivity index (χ1n) is 9.66. The summed E-state index contributed by atoms with van der Waals surface area (Å²) in [5, 5.41) is 5.93. The molecule has 0 bridgehead atoms. The van der Waals surface area contributed by atoms with Crippen molar-refractivity contribution in [1.29, 1.82) is 0 Å². The van der Waals surface area contributed by atoms with Gasteiger partial charge in [-0.3, -0.25) is 4.79 Å². The highest BCUT2D eigenvalue weighted by molar-refractivity contribution is 6.30. The summed E-state index contributed by atoms with van der Waals surface area (Å²) in [6, 6.07) is 16.8. The third-order valence-corrected chi connectivity index (χ3v) is 4.73. The molecule has 0 atom stereocenters. The standard InChI is InChI=1S/C22H17ClFN3O/c1-2-16-11-12-19(21(24)25-16)20-17-5-3-4-6-18(17)22(28)27(26-20)13-14-7-9-15(23)10-8-14/h3-12H,2,13H2,1H3/i2D2. The van der Waals surface area contributed by atoms with Crippen molar-refractivity contribution in [2.75, 3.05) is 0 Å². The second-order valence-corrected chi connectivity index (χ2v) is 6.70. The largest absolute Gasteiger partial charge is 0.274 e. The third kappa shape index (κ3) is 3.41. The summed E-state index contributed by atoms with van der Waals surface area (Å²) in [7, 11) is 0. The van der Waals surface area contributed by atoms with Gasteiger partial charge in [0.05, 0.1) is 17.5 Å². The third-order valence-electron chi connectivity index (χ3n) is 4.47. The summed E-state index contributed by atoms with van der Waals surface area (Å²) in [5.41, 5.74) is 0.890. The number of halogens is 2. The average Bonchev–Trinajstić information content (AvgIpc) is 2.71. The van der Waals surface area contributed by atoms with Gasteiger partial charge in [-0.1, -0.05) is 48.9 Å². The van der Waals surface area contributed by atoms with Crippen LogP contribution in [-0.2, 0) is 12.9 Å². The molecule has 28 heavy (non-hydrogen) atoms. The van der Waals surface area contributed by atoms with Gasteiger partial charge in [0.2, 0.25) is 5.95 Å². The second-order valence-electron chi connectivity index (χ2n) is 6.27. The maximum absolute atomic E-state index is 14.9. The first-order valence-corrected chi connectivity index (χ1v) is 9.03. The van der Waals surface area contributed by atoms with E-state index in [4.69, 9.17) is 14.3 Å². The van der Waals surface area contributed by atoms with Crippen LogP contribution < -0.4 is 5.56 Å². The number of benzene rings is 2. The van der Waals surface area contributed by atoms with E-state index in [0.717, 1.165) is 5.56 Å². The summed E-state index contributed by atoms with van der Waals surface area (Å²) in [6.45, 7) is 1.51. The van der Waals surface area contributed by atoms with E-state index >= 15 is 0 Å². The Balaban J connectivity index is 1.90. The van der Waals surface area contributed by atoms with Crippen molar-refractivity contribution < 1.29 is 7.13 Å². The molecule has 0 unspecified atom stereocenters. The Morgan fingerprint density at radius 3 is 2.46 bits per heavy atom. The zero-order valence-corrected chi connectivity index (χ0v) is 15.7. The van der Waals surface area contributed by atoms with Crippen molar-refractivity contribution in [3.05, 3.63) is 93.2 Å². The van der Waals surface area contributed by atoms with Gasteiger partial charge in [-0.05, 0) is 42.3 Å². The smallest absolute Gasteiger partial charge is 0.267 e. The van der Waals surface area contributed by atoms with Crippen molar-refractivity contribution in [1.82, 2.24) is 14.8 Å². The predicted molar refractivity (Wildman–Crippen MR) is 109 cm³/mol. The topological polar surface area (TPSA) is 47.8 Å². The number of rotatable bonds is 4. The molecule has 0 saturated carbocycles. The van der Waals surface area contributed by atoms with Gasteiger partial charge >= 0.3 is 0 Å². The molecule has 0 spiro atoms. The SMILES string of the molecule is [2H]C([2H])(C)c1ccc(-c2nn(Cc3ccc(Cl)cc3)c(=O)c3ccccc23)c(F)n1. The minimum absolute atomic E-state index is 0.0115. The van der Waals surface area contributed by atoms with Gasteiger partial charge in [0.15, 0.2) is 0 Å². The van der Waals surface area contributed by atoms with Crippen LogP contribution in [0.1, 0.15) is 20.9 Å². The lowest BCUT2D eigenvalue weighted by molar-refractivity contribution is 0.578. The maximum atomic E-state index is 14.9. The minimum atomic E-state index is -1.78. The first kappa shape index (κ1) is 16.0. The average molecular weight is 396 g/mol. The van der Waals surface area contributed by atoms with E-state index in [-0.39, 0.29) is 29.1 Å². The van der Waals surface area contributed by atoms with E-state index in [1.807, 2.05) is 0 Å². The predicted octanol–water partition coefficient (Wildman–Crippen LogP) is 4.86. The van der Waals surface area contributed by atoms with Crippen molar-refractivity contribution >= 4 is 22.4 Å². The van der Waals surface area contributed by atoms with Crippen LogP contribution in [0.15, 0.2) is 65.5 Å². The summed E-state index contributed by atoms with van der Waals surface area (Å²) in [6.07, 6.45) is -1.78. The molecule has 4 rings (SSSR count). The van der Waals surface area contributed by atoms with Crippen molar-refractivity contribution in [3.8, 4) is 11.3 Å². The van der Waals surface area contributed by atoms with E-state index < -0.39 is 12.3 Å². The van der Waals surface area contributed by atoms with Gasteiger partial charge in [0, 0.05) is 18.8 Å². The van der Waals surface area contributed by atoms with E-state index in [0.29, 0.717) is 15.8 Å². The molecule has 0 saturated heterocycles. The number of nitrogens with zero attached hydrogens (tertiary/aromatic N) is 3. The van der Waals surface area contributed by atoms with E-state index in [1.165, 1.54) is 23.7 Å². The number of pyridine rings is 1. The molecule has 0 amide bonds. The van der Waals surface area contributed by atoms with Gasteiger partial charge in [-0.2, -0.15) is 9.49 Å². The highest BCUT2D eigenvalue weighted by atomic mass is 35.5. The highest BCUT2D eigenvalue weighted by Gasteiger charge is 2.16. The number of hydrogen-bond acceptors (Lipinski definition) is 3. The fourth-order valence-electron chi connectivity index (χ4n) is 3.05. The quantitative estimate of drug-likeness (QED) is 0.463. The van der Waals surface area contributed by atoms with Crippen LogP contribution >= 0.6 is 11.6 Å². The molecule has 0 N–H and O–H groups in total. The molecule has 2 aromatic heterocycles. The number of hydrogen-bond donors (Lipinski definition) is 0. The van der Waals surface area contributed by atoms with Gasteiger partial charge < -0.3 is 0 Å². The van der Waals surface area contributed by atoms with Crippen molar-refractivity contribution in [3.63, 3.8) is 0 Å². The Labute approximate surface area is 169 Å². The zero-order chi connectivity index (χ0) is 21.5. The van der Waals surface area contributed by atoms with Crippen LogP contribution in [0.4, 0.5) is 4.39 Å². The summed E-state index contributed by atoms with van der Waals surface area (Å²) in [5.74, 6) is -0.840. The highest BCUT2D eigenvalue weighted by Crippen LogP contribution is 2.26. The molecule has 2 aromatic carbocycles. The Morgan fingerprint density at radius 2 is 1.79 bits per heavy atom. The molecule has 0 fully saturated rings. The molecule has 0 radical (unpaired) electrons. The van der Waals surface area contributed by atoms with Crippen LogP contribution in [0.3, 0.4) is 0 Å². The molecule has 0 aliphatic carbocycles. The molecular weight excluding hydrogens is 377 g/mol. The molecule has 4 aromatic rings. The Bertz CT molecular complexity index is 1300.